The zero-order chi connectivity index (χ0) is 18.9. The molecule has 0 radical (unpaired) electrons. The van der Waals surface area contributed by atoms with Crippen LogP contribution in [0.4, 0.5) is 0 Å². The molecule has 5 nitrogen and oxygen atoms in total. The van der Waals surface area contributed by atoms with E-state index in [9.17, 15) is 4.79 Å². The molecule has 3 rings (SSSR count). The van der Waals surface area contributed by atoms with E-state index in [0.717, 1.165) is 11.1 Å². The number of amides is 1. The summed E-state index contributed by atoms with van der Waals surface area (Å²) in [5.41, 5.74) is 1.99. The Balaban J connectivity index is 1.66. The van der Waals surface area contributed by atoms with Crippen LogP contribution in [0.2, 0.25) is 0 Å². The van der Waals surface area contributed by atoms with Crippen molar-refractivity contribution in [2.75, 3.05) is 32.9 Å². The van der Waals surface area contributed by atoms with Crippen molar-refractivity contribution in [2.24, 2.45) is 0 Å². The van der Waals surface area contributed by atoms with Crippen LogP contribution in [0.15, 0.2) is 54.6 Å². The molecule has 1 heterocycles. The highest BCUT2D eigenvalue weighted by molar-refractivity contribution is 5.91. The Morgan fingerprint density at radius 1 is 1.07 bits per heavy atom. The van der Waals surface area contributed by atoms with Crippen molar-refractivity contribution in [1.82, 2.24) is 4.90 Å². The van der Waals surface area contributed by atoms with Gasteiger partial charge in [-0.05, 0) is 36.3 Å². The number of carbonyl (C=O) groups is 1. The Morgan fingerprint density at radius 2 is 1.85 bits per heavy atom. The smallest absolute Gasteiger partial charge is 0.246 e. The average molecular weight is 367 g/mol. The topological polar surface area (TPSA) is 48.0 Å². The fourth-order valence-corrected chi connectivity index (χ4v) is 2.81. The Kier molecular flexibility index (Phi) is 6.88. The maximum Gasteiger partial charge on any atom is 0.246 e. The maximum atomic E-state index is 12.2. The van der Waals surface area contributed by atoms with Crippen LogP contribution in [-0.4, -0.2) is 43.7 Å². The highest BCUT2D eigenvalue weighted by atomic mass is 16.5. The second-order valence-corrected chi connectivity index (χ2v) is 6.18. The summed E-state index contributed by atoms with van der Waals surface area (Å²) in [6.45, 7) is 5.43. The summed E-state index contributed by atoms with van der Waals surface area (Å²) < 4.78 is 16.9. The molecule has 0 bridgehead atoms. The molecule has 142 valence electrons. The lowest BCUT2D eigenvalue weighted by Crippen LogP contribution is -2.39. The SMILES string of the molecule is CCOc1cc(/C=C/C(=O)N2CCOCC2)ccc1OCc1ccccc1. The van der Waals surface area contributed by atoms with Crippen molar-refractivity contribution >= 4 is 12.0 Å². The van der Waals surface area contributed by atoms with Gasteiger partial charge in [0.2, 0.25) is 5.91 Å². The molecule has 1 aliphatic rings. The van der Waals surface area contributed by atoms with Crippen molar-refractivity contribution in [3.05, 3.63) is 65.7 Å². The third-order valence-electron chi connectivity index (χ3n) is 4.25. The van der Waals surface area contributed by atoms with Crippen LogP contribution in [0, 0.1) is 0 Å². The zero-order valence-corrected chi connectivity index (χ0v) is 15.6. The summed E-state index contributed by atoms with van der Waals surface area (Å²) in [4.78, 5) is 14.0. The van der Waals surface area contributed by atoms with E-state index < -0.39 is 0 Å². The van der Waals surface area contributed by atoms with Crippen molar-refractivity contribution in [1.29, 1.82) is 0 Å². The van der Waals surface area contributed by atoms with E-state index >= 15 is 0 Å². The van der Waals surface area contributed by atoms with E-state index in [1.54, 1.807) is 17.1 Å². The highest BCUT2D eigenvalue weighted by Gasteiger charge is 2.14. The van der Waals surface area contributed by atoms with Gasteiger partial charge < -0.3 is 19.1 Å². The van der Waals surface area contributed by atoms with E-state index in [1.165, 1.54) is 0 Å². The number of rotatable bonds is 7. The lowest BCUT2D eigenvalue weighted by atomic mass is 10.1. The molecular weight excluding hydrogens is 342 g/mol. The van der Waals surface area contributed by atoms with Crippen molar-refractivity contribution in [3.63, 3.8) is 0 Å². The minimum atomic E-state index is 0.000615. The molecule has 5 heteroatoms. The molecule has 2 aromatic rings. The predicted octanol–water partition coefficient (Wildman–Crippen LogP) is 3.54. The summed E-state index contributed by atoms with van der Waals surface area (Å²) in [6.07, 6.45) is 3.40. The standard InChI is InChI=1S/C22H25NO4/c1-2-26-21-16-18(9-11-22(24)23-12-14-25-15-13-23)8-10-20(21)27-17-19-6-4-3-5-7-19/h3-11,16H,2,12-15,17H2,1H3/b11-9+. The van der Waals surface area contributed by atoms with Crippen LogP contribution in [0.5, 0.6) is 11.5 Å². The van der Waals surface area contributed by atoms with Gasteiger partial charge in [-0.25, -0.2) is 0 Å². The van der Waals surface area contributed by atoms with Crippen LogP contribution in [0.25, 0.3) is 6.08 Å². The second-order valence-electron chi connectivity index (χ2n) is 6.18. The number of hydrogen-bond acceptors (Lipinski definition) is 4. The van der Waals surface area contributed by atoms with E-state index in [4.69, 9.17) is 14.2 Å². The third-order valence-corrected chi connectivity index (χ3v) is 4.25. The number of hydrogen-bond donors (Lipinski definition) is 0. The van der Waals surface area contributed by atoms with Gasteiger partial charge in [-0.1, -0.05) is 36.4 Å². The van der Waals surface area contributed by atoms with Crippen LogP contribution in [0.3, 0.4) is 0 Å². The molecule has 0 atom stereocenters. The zero-order valence-electron chi connectivity index (χ0n) is 15.6. The second kappa shape index (κ2) is 9.78. The Bertz CT molecular complexity index is 767. The van der Waals surface area contributed by atoms with Crippen molar-refractivity contribution in [2.45, 2.75) is 13.5 Å². The Morgan fingerprint density at radius 3 is 2.59 bits per heavy atom. The van der Waals surface area contributed by atoms with Gasteiger partial charge in [-0.2, -0.15) is 0 Å². The van der Waals surface area contributed by atoms with Crippen LogP contribution < -0.4 is 9.47 Å². The van der Waals surface area contributed by atoms with Gasteiger partial charge in [0.1, 0.15) is 6.61 Å². The Labute approximate surface area is 160 Å². The number of nitrogens with zero attached hydrogens (tertiary/aromatic N) is 1. The summed E-state index contributed by atoms with van der Waals surface area (Å²) in [5.74, 6) is 1.37. The van der Waals surface area contributed by atoms with E-state index in [0.29, 0.717) is 51.0 Å². The predicted molar refractivity (Wildman–Crippen MR) is 105 cm³/mol. The molecule has 0 N–H and O–H groups in total. The van der Waals surface area contributed by atoms with Gasteiger partial charge in [-0.3, -0.25) is 4.79 Å². The monoisotopic (exact) mass is 367 g/mol. The number of carbonyl (C=O) groups excluding carboxylic acids is 1. The Hall–Kier alpha value is -2.79. The highest BCUT2D eigenvalue weighted by Crippen LogP contribution is 2.29. The molecule has 0 unspecified atom stereocenters. The van der Waals surface area contributed by atoms with E-state index in [2.05, 4.69) is 0 Å². The lowest BCUT2D eigenvalue weighted by Gasteiger charge is -2.25. The fourth-order valence-electron chi connectivity index (χ4n) is 2.81. The van der Waals surface area contributed by atoms with Crippen molar-refractivity contribution in [3.8, 4) is 11.5 Å². The minimum absolute atomic E-state index is 0.000615. The largest absolute Gasteiger partial charge is 0.490 e. The van der Waals surface area contributed by atoms with Gasteiger partial charge >= 0.3 is 0 Å². The molecule has 1 aliphatic heterocycles. The summed E-state index contributed by atoms with van der Waals surface area (Å²) in [6, 6.07) is 15.7. The molecule has 0 aliphatic carbocycles. The molecular formula is C22H25NO4. The molecule has 2 aromatic carbocycles. The first-order valence-corrected chi connectivity index (χ1v) is 9.24. The van der Waals surface area contributed by atoms with Gasteiger partial charge in [0.05, 0.1) is 19.8 Å². The maximum absolute atomic E-state index is 12.2. The molecule has 1 saturated heterocycles. The molecule has 1 amide bonds. The van der Waals surface area contributed by atoms with Crippen LogP contribution >= 0.6 is 0 Å². The summed E-state index contributed by atoms with van der Waals surface area (Å²) in [7, 11) is 0. The number of benzene rings is 2. The molecule has 27 heavy (non-hydrogen) atoms. The fraction of sp³-hybridized carbons (Fsp3) is 0.318. The molecule has 0 saturated carbocycles. The number of morpholine rings is 1. The average Bonchev–Trinajstić information content (AvgIpc) is 2.73. The van der Waals surface area contributed by atoms with Gasteiger partial charge in [0.15, 0.2) is 11.5 Å². The molecule has 0 spiro atoms. The van der Waals surface area contributed by atoms with Crippen molar-refractivity contribution < 1.29 is 19.0 Å². The van der Waals surface area contributed by atoms with Crippen LogP contribution in [-0.2, 0) is 16.1 Å². The van der Waals surface area contributed by atoms with Gasteiger partial charge in [0.25, 0.3) is 0 Å². The minimum Gasteiger partial charge on any atom is -0.490 e. The summed E-state index contributed by atoms with van der Waals surface area (Å²) in [5, 5.41) is 0. The van der Waals surface area contributed by atoms with Gasteiger partial charge in [0, 0.05) is 19.2 Å². The first-order valence-electron chi connectivity index (χ1n) is 9.24. The first-order chi connectivity index (χ1) is 13.3. The normalized spacial score (nSPS) is 14.3. The number of ether oxygens (including phenoxy) is 3. The summed E-state index contributed by atoms with van der Waals surface area (Å²) >= 11 is 0. The van der Waals surface area contributed by atoms with Gasteiger partial charge in [-0.15, -0.1) is 0 Å². The molecule has 1 fully saturated rings. The quantitative estimate of drug-likeness (QED) is 0.703. The van der Waals surface area contributed by atoms with E-state index in [-0.39, 0.29) is 5.91 Å². The van der Waals surface area contributed by atoms with E-state index in [1.807, 2.05) is 55.5 Å². The lowest BCUT2D eigenvalue weighted by molar-refractivity contribution is -0.129. The van der Waals surface area contributed by atoms with Crippen LogP contribution in [0.1, 0.15) is 18.1 Å². The first kappa shape index (κ1) is 19.0. The molecule has 0 aromatic heterocycles. The third kappa shape index (κ3) is 5.59.